The number of ether oxygens (including phenoxy) is 2. The number of hydrogen-bond acceptors (Lipinski definition) is 5. The van der Waals surface area contributed by atoms with Crippen LogP contribution in [0.3, 0.4) is 0 Å². The Morgan fingerprint density at radius 3 is 3.06 bits per heavy atom. The lowest BCUT2D eigenvalue weighted by atomic mass is 10.2. The standard InChI is InChI=1S/C10H13N3O5/c14-9(15)13-3-4-17-5-8(13)6-18-10(16)12-2-1-11-7-12/h1-2,7-8H,3-6H2,(H,14,15). The van der Waals surface area contributed by atoms with E-state index in [0.29, 0.717) is 6.61 Å². The third-order valence-corrected chi connectivity index (χ3v) is 2.59. The summed E-state index contributed by atoms with van der Waals surface area (Å²) in [7, 11) is 0. The number of hydrogen-bond donors (Lipinski definition) is 1. The number of nitrogens with zero attached hydrogens (tertiary/aromatic N) is 3. The van der Waals surface area contributed by atoms with Crippen molar-refractivity contribution < 1.29 is 24.2 Å². The van der Waals surface area contributed by atoms with Crippen molar-refractivity contribution in [1.29, 1.82) is 0 Å². The molecule has 1 atom stereocenters. The van der Waals surface area contributed by atoms with Crippen molar-refractivity contribution in [3.63, 3.8) is 0 Å². The lowest BCUT2D eigenvalue weighted by Gasteiger charge is -2.32. The molecule has 98 valence electrons. The van der Waals surface area contributed by atoms with E-state index in [4.69, 9.17) is 14.6 Å². The van der Waals surface area contributed by atoms with Crippen LogP contribution in [0.2, 0.25) is 0 Å². The maximum atomic E-state index is 11.5. The molecule has 2 rings (SSSR count). The van der Waals surface area contributed by atoms with E-state index in [2.05, 4.69) is 4.98 Å². The van der Waals surface area contributed by atoms with Gasteiger partial charge in [-0.1, -0.05) is 0 Å². The van der Waals surface area contributed by atoms with Gasteiger partial charge < -0.3 is 14.6 Å². The molecule has 0 aliphatic carbocycles. The van der Waals surface area contributed by atoms with Crippen LogP contribution in [0.5, 0.6) is 0 Å². The summed E-state index contributed by atoms with van der Waals surface area (Å²) >= 11 is 0. The summed E-state index contributed by atoms with van der Waals surface area (Å²) in [5, 5.41) is 8.97. The fourth-order valence-corrected chi connectivity index (χ4v) is 1.65. The van der Waals surface area contributed by atoms with Crippen LogP contribution >= 0.6 is 0 Å². The minimum Gasteiger partial charge on any atom is -0.465 e. The summed E-state index contributed by atoms with van der Waals surface area (Å²) in [6.07, 6.45) is 2.59. The second-order valence-electron chi connectivity index (χ2n) is 3.75. The second-order valence-corrected chi connectivity index (χ2v) is 3.75. The molecular formula is C10H13N3O5. The predicted octanol–water partition coefficient (Wildman–Crippen LogP) is 0.247. The van der Waals surface area contributed by atoms with Crippen LogP contribution in [0.1, 0.15) is 0 Å². The Labute approximate surface area is 103 Å². The van der Waals surface area contributed by atoms with Gasteiger partial charge in [-0.2, -0.15) is 0 Å². The molecule has 1 aliphatic rings. The van der Waals surface area contributed by atoms with E-state index in [9.17, 15) is 9.59 Å². The van der Waals surface area contributed by atoms with Crippen molar-refractivity contribution in [1.82, 2.24) is 14.5 Å². The predicted molar refractivity (Wildman–Crippen MR) is 58.3 cm³/mol. The number of amides is 1. The van der Waals surface area contributed by atoms with Gasteiger partial charge in [-0.25, -0.2) is 19.1 Å². The van der Waals surface area contributed by atoms with E-state index in [0.717, 1.165) is 0 Å². The van der Waals surface area contributed by atoms with Crippen molar-refractivity contribution in [2.45, 2.75) is 6.04 Å². The molecule has 0 aromatic carbocycles. The average Bonchev–Trinajstić information content (AvgIpc) is 2.90. The Morgan fingerprint density at radius 2 is 2.39 bits per heavy atom. The molecule has 2 heterocycles. The van der Waals surface area contributed by atoms with Gasteiger partial charge >= 0.3 is 12.2 Å². The smallest absolute Gasteiger partial charge is 0.419 e. The quantitative estimate of drug-likeness (QED) is 0.813. The van der Waals surface area contributed by atoms with Crippen molar-refractivity contribution in [2.75, 3.05) is 26.4 Å². The van der Waals surface area contributed by atoms with Gasteiger partial charge in [-0.15, -0.1) is 0 Å². The van der Waals surface area contributed by atoms with Crippen LogP contribution < -0.4 is 0 Å². The number of morpholine rings is 1. The molecule has 0 radical (unpaired) electrons. The van der Waals surface area contributed by atoms with Gasteiger partial charge in [0.05, 0.1) is 19.3 Å². The minimum atomic E-state index is -1.04. The van der Waals surface area contributed by atoms with Gasteiger partial charge in [-0.05, 0) is 0 Å². The first-order valence-corrected chi connectivity index (χ1v) is 5.41. The van der Waals surface area contributed by atoms with Crippen LogP contribution in [0.25, 0.3) is 0 Å². The van der Waals surface area contributed by atoms with Gasteiger partial charge in [-0.3, -0.25) is 4.90 Å². The van der Waals surface area contributed by atoms with E-state index >= 15 is 0 Å². The van der Waals surface area contributed by atoms with Gasteiger partial charge in [0, 0.05) is 18.9 Å². The third-order valence-electron chi connectivity index (χ3n) is 2.59. The zero-order valence-electron chi connectivity index (χ0n) is 9.56. The summed E-state index contributed by atoms with van der Waals surface area (Å²) < 4.78 is 11.4. The van der Waals surface area contributed by atoms with Crippen molar-refractivity contribution in [3.05, 3.63) is 18.7 Å². The molecule has 1 aromatic rings. The molecule has 1 aromatic heterocycles. The highest BCUT2D eigenvalue weighted by Gasteiger charge is 2.28. The number of rotatable bonds is 2. The fraction of sp³-hybridized carbons (Fsp3) is 0.500. The fourth-order valence-electron chi connectivity index (χ4n) is 1.65. The number of carbonyl (C=O) groups is 2. The molecule has 1 unspecified atom stereocenters. The van der Waals surface area contributed by atoms with Crippen molar-refractivity contribution in [2.24, 2.45) is 0 Å². The normalized spacial score (nSPS) is 19.6. The van der Waals surface area contributed by atoms with Crippen LogP contribution in [0.4, 0.5) is 9.59 Å². The molecular weight excluding hydrogens is 242 g/mol. The van der Waals surface area contributed by atoms with Gasteiger partial charge in [0.1, 0.15) is 12.9 Å². The Bertz CT molecular complexity index is 419. The average molecular weight is 255 g/mol. The monoisotopic (exact) mass is 255 g/mol. The number of aromatic nitrogens is 2. The molecule has 0 bridgehead atoms. The second kappa shape index (κ2) is 5.50. The topological polar surface area (TPSA) is 93.9 Å². The zero-order chi connectivity index (χ0) is 13.0. The van der Waals surface area contributed by atoms with Crippen molar-refractivity contribution >= 4 is 12.2 Å². The van der Waals surface area contributed by atoms with Gasteiger partial charge in [0.2, 0.25) is 0 Å². The van der Waals surface area contributed by atoms with Crippen LogP contribution in [-0.4, -0.2) is 64.2 Å². The highest BCUT2D eigenvalue weighted by molar-refractivity contribution is 5.70. The summed E-state index contributed by atoms with van der Waals surface area (Å²) in [5.41, 5.74) is 0. The Kier molecular flexibility index (Phi) is 3.78. The lowest BCUT2D eigenvalue weighted by Crippen LogP contribution is -2.50. The van der Waals surface area contributed by atoms with E-state index in [1.54, 1.807) is 0 Å². The molecule has 1 fully saturated rings. The first-order chi connectivity index (χ1) is 8.68. The van der Waals surface area contributed by atoms with E-state index < -0.39 is 18.2 Å². The molecule has 1 amide bonds. The lowest BCUT2D eigenvalue weighted by molar-refractivity contribution is -0.0215. The molecule has 1 N–H and O–H groups in total. The first-order valence-electron chi connectivity index (χ1n) is 5.41. The van der Waals surface area contributed by atoms with Gasteiger partial charge in [0.25, 0.3) is 0 Å². The number of carbonyl (C=O) groups excluding carboxylic acids is 1. The molecule has 0 spiro atoms. The molecule has 8 heteroatoms. The van der Waals surface area contributed by atoms with E-state index in [-0.39, 0.29) is 19.8 Å². The third kappa shape index (κ3) is 2.77. The zero-order valence-corrected chi connectivity index (χ0v) is 9.56. The molecule has 1 aliphatic heterocycles. The van der Waals surface area contributed by atoms with Crippen LogP contribution in [-0.2, 0) is 9.47 Å². The molecule has 8 nitrogen and oxygen atoms in total. The maximum absolute atomic E-state index is 11.5. The van der Waals surface area contributed by atoms with Crippen molar-refractivity contribution in [3.8, 4) is 0 Å². The Hall–Kier alpha value is -2.09. The van der Waals surface area contributed by atoms with Crippen LogP contribution in [0.15, 0.2) is 18.7 Å². The molecule has 1 saturated heterocycles. The summed E-state index contributed by atoms with van der Waals surface area (Å²) in [6.45, 7) is 0.827. The van der Waals surface area contributed by atoms with Crippen LogP contribution in [0, 0.1) is 0 Å². The SMILES string of the molecule is O=C(O)N1CCOCC1COC(=O)n1ccnc1. The molecule has 18 heavy (non-hydrogen) atoms. The minimum absolute atomic E-state index is 0.0384. The van der Waals surface area contributed by atoms with E-state index in [1.165, 1.54) is 28.2 Å². The number of imidazole rings is 1. The highest BCUT2D eigenvalue weighted by Crippen LogP contribution is 2.08. The van der Waals surface area contributed by atoms with Gasteiger partial charge in [0.15, 0.2) is 0 Å². The number of carboxylic acid groups (broad SMARTS) is 1. The highest BCUT2D eigenvalue weighted by atomic mass is 16.6. The first kappa shape index (κ1) is 12.4. The largest absolute Gasteiger partial charge is 0.465 e. The summed E-state index contributed by atoms with van der Waals surface area (Å²) in [6, 6.07) is -0.469. The Morgan fingerprint density at radius 1 is 1.56 bits per heavy atom. The summed E-state index contributed by atoms with van der Waals surface area (Å²) in [5.74, 6) is 0. The Balaban J connectivity index is 1.88. The maximum Gasteiger partial charge on any atom is 0.419 e. The summed E-state index contributed by atoms with van der Waals surface area (Å²) in [4.78, 5) is 27.4. The van der Waals surface area contributed by atoms with E-state index in [1.807, 2.05) is 0 Å². The molecule has 0 saturated carbocycles.